The van der Waals surface area contributed by atoms with Crippen molar-refractivity contribution in [2.75, 3.05) is 13.7 Å². The summed E-state index contributed by atoms with van der Waals surface area (Å²) in [4.78, 5) is 13.7. The highest BCUT2D eigenvalue weighted by molar-refractivity contribution is 6.34. The molecule has 0 saturated carbocycles. The van der Waals surface area contributed by atoms with E-state index in [0.29, 0.717) is 33.4 Å². The second-order valence-corrected chi connectivity index (χ2v) is 10.5. The summed E-state index contributed by atoms with van der Waals surface area (Å²) in [6, 6.07) is 14.3. The Hall–Kier alpha value is -2.59. The minimum atomic E-state index is 0.189. The number of nitrogens with zero attached hydrogens (tertiary/aromatic N) is 1. The van der Waals surface area contributed by atoms with Gasteiger partial charge in [0, 0.05) is 46.1 Å². The SMILES string of the molecule is COC1=CC2C=CC([C@H]3C[C@H](c4cc(Cl)cc(Cl)c4)CN3C(C)c3ccc(C=O)cc3)=CC2C=C1. The molecule has 3 nitrogen and oxygen atoms in total. The van der Waals surface area contributed by atoms with Gasteiger partial charge in [-0.15, -0.1) is 0 Å². The van der Waals surface area contributed by atoms with Crippen LogP contribution in [0.5, 0.6) is 0 Å². The third-order valence-corrected chi connectivity index (χ3v) is 7.98. The van der Waals surface area contributed by atoms with Crippen LogP contribution in [-0.4, -0.2) is 30.9 Å². The molecular formula is C30H29Cl2NO2. The van der Waals surface area contributed by atoms with Gasteiger partial charge in [0.2, 0.25) is 0 Å². The van der Waals surface area contributed by atoms with Crippen LogP contribution in [0.4, 0.5) is 0 Å². The number of hydrogen-bond donors (Lipinski definition) is 0. The molecule has 0 radical (unpaired) electrons. The Morgan fingerprint density at radius 2 is 1.69 bits per heavy atom. The molecule has 35 heavy (non-hydrogen) atoms. The molecule has 3 unspecified atom stereocenters. The highest BCUT2D eigenvalue weighted by Crippen LogP contribution is 2.43. The molecule has 0 N–H and O–H groups in total. The number of benzene rings is 2. The van der Waals surface area contributed by atoms with Crippen LogP contribution < -0.4 is 0 Å². The third kappa shape index (κ3) is 5.04. The van der Waals surface area contributed by atoms with Gasteiger partial charge in [0.05, 0.1) is 7.11 Å². The minimum Gasteiger partial charge on any atom is -0.497 e. The predicted octanol–water partition coefficient (Wildman–Crippen LogP) is 7.55. The first-order valence-electron chi connectivity index (χ1n) is 12.1. The molecule has 5 rings (SSSR count). The van der Waals surface area contributed by atoms with Crippen LogP contribution in [0.3, 0.4) is 0 Å². The highest BCUT2D eigenvalue weighted by Gasteiger charge is 2.38. The first kappa shape index (κ1) is 24.1. The number of aldehydes is 1. The molecule has 1 aliphatic heterocycles. The summed E-state index contributed by atoms with van der Waals surface area (Å²) in [5.41, 5.74) is 4.43. The number of carbonyl (C=O) groups is 1. The van der Waals surface area contributed by atoms with Gasteiger partial charge in [-0.1, -0.05) is 71.8 Å². The lowest BCUT2D eigenvalue weighted by molar-refractivity contribution is 0.112. The number of ether oxygens (including phenoxy) is 1. The van der Waals surface area contributed by atoms with Crippen molar-refractivity contribution < 1.29 is 9.53 Å². The predicted molar refractivity (Wildman–Crippen MR) is 143 cm³/mol. The Labute approximate surface area is 217 Å². The number of allylic oxidation sites excluding steroid dienone is 5. The van der Waals surface area contributed by atoms with Crippen LogP contribution in [0, 0.1) is 11.8 Å². The van der Waals surface area contributed by atoms with Crippen molar-refractivity contribution in [3.63, 3.8) is 0 Å². The van der Waals surface area contributed by atoms with E-state index < -0.39 is 0 Å². The van der Waals surface area contributed by atoms with Crippen molar-refractivity contribution >= 4 is 29.5 Å². The van der Waals surface area contributed by atoms with Gasteiger partial charge in [-0.3, -0.25) is 9.69 Å². The van der Waals surface area contributed by atoms with Gasteiger partial charge >= 0.3 is 0 Å². The standard InChI is InChI=1S/C30H29Cl2NO2/c1-19(21-5-3-20(18-34)4-6-21)33-17-26(25-12-27(31)16-28(32)13-25)15-30(33)24-8-7-23-14-29(35-2)10-9-22(23)11-24/h3-14,16,18-19,22-23,26,30H,15,17H2,1-2H3/t19?,22?,23?,26-,30+/m0/s1. The Morgan fingerprint density at radius 1 is 1.00 bits per heavy atom. The maximum Gasteiger partial charge on any atom is 0.150 e. The van der Waals surface area contributed by atoms with E-state index in [1.54, 1.807) is 13.2 Å². The van der Waals surface area contributed by atoms with E-state index in [-0.39, 0.29) is 12.1 Å². The second-order valence-electron chi connectivity index (χ2n) is 9.62. The lowest BCUT2D eigenvalue weighted by Crippen LogP contribution is -2.34. The number of halogens is 2. The van der Waals surface area contributed by atoms with E-state index in [0.717, 1.165) is 25.0 Å². The fourth-order valence-corrected chi connectivity index (χ4v) is 6.16. The van der Waals surface area contributed by atoms with Crippen molar-refractivity contribution in [2.45, 2.75) is 31.3 Å². The molecule has 0 bridgehead atoms. The first-order chi connectivity index (χ1) is 16.9. The van der Waals surface area contributed by atoms with Crippen LogP contribution in [0.15, 0.2) is 90.3 Å². The number of methoxy groups -OCH3 is 1. The van der Waals surface area contributed by atoms with Gasteiger partial charge in [-0.25, -0.2) is 0 Å². The number of hydrogen-bond acceptors (Lipinski definition) is 3. The average Bonchev–Trinajstić information content (AvgIpc) is 3.33. The van der Waals surface area contributed by atoms with E-state index in [1.165, 1.54) is 16.7 Å². The largest absolute Gasteiger partial charge is 0.497 e. The number of rotatable bonds is 6. The van der Waals surface area contributed by atoms with Crippen LogP contribution >= 0.6 is 23.2 Å². The molecule has 2 aromatic carbocycles. The summed E-state index contributed by atoms with van der Waals surface area (Å²) in [5, 5.41) is 1.35. The Kier molecular flexibility index (Phi) is 7.02. The molecule has 0 aromatic heterocycles. The molecule has 1 heterocycles. The van der Waals surface area contributed by atoms with E-state index in [4.69, 9.17) is 27.9 Å². The lowest BCUT2D eigenvalue weighted by Gasteiger charge is -2.34. The Balaban J connectivity index is 1.47. The van der Waals surface area contributed by atoms with Crippen molar-refractivity contribution in [1.82, 2.24) is 4.90 Å². The topological polar surface area (TPSA) is 29.5 Å². The molecular weight excluding hydrogens is 477 g/mol. The molecule has 180 valence electrons. The quantitative estimate of drug-likeness (QED) is 0.379. The number of fused-ring (bicyclic) bond motifs is 1. The number of likely N-dealkylation sites (tertiary alicyclic amines) is 1. The maximum atomic E-state index is 11.1. The van der Waals surface area contributed by atoms with Crippen LogP contribution in [0.25, 0.3) is 0 Å². The van der Waals surface area contributed by atoms with Gasteiger partial charge in [0.1, 0.15) is 12.0 Å². The van der Waals surface area contributed by atoms with Crippen molar-refractivity contribution in [3.05, 3.63) is 117 Å². The summed E-state index contributed by atoms with van der Waals surface area (Å²) in [7, 11) is 1.71. The van der Waals surface area contributed by atoms with Gasteiger partial charge < -0.3 is 4.74 Å². The first-order valence-corrected chi connectivity index (χ1v) is 12.8. The van der Waals surface area contributed by atoms with E-state index in [2.05, 4.69) is 60.4 Å². The van der Waals surface area contributed by atoms with Gasteiger partial charge in [0.25, 0.3) is 0 Å². The smallest absolute Gasteiger partial charge is 0.150 e. The third-order valence-electron chi connectivity index (χ3n) is 7.55. The summed E-state index contributed by atoms with van der Waals surface area (Å²) in [6.45, 7) is 3.15. The summed E-state index contributed by atoms with van der Waals surface area (Å²) < 4.78 is 5.43. The fourth-order valence-electron chi connectivity index (χ4n) is 5.61. The molecule has 1 fully saturated rings. The molecule has 5 heteroatoms. The summed E-state index contributed by atoms with van der Waals surface area (Å²) in [5.74, 6) is 1.89. The maximum absolute atomic E-state index is 11.1. The Morgan fingerprint density at radius 3 is 2.37 bits per heavy atom. The molecule has 1 saturated heterocycles. The molecule has 2 aromatic rings. The molecule has 5 atom stereocenters. The number of carbonyl (C=O) groups excluding carboxylic acids is 1. The molecule has 0 spiro atoms. The molecule has 3 aliphatic rings. The zero-order chi connectivity index (χ0) is 24.5. The van der Waals surface area contributed by atoms with Gasteiger partial charge in [-0.2, -0.15) is 0 Å². The van der Waals surface area contributed by atoms with Crippen LogP contribution in [0.1, 0.15) is 46.8 Å². The second kappa shape index (κ2) is 10.2. The summed E-state index contributed by atoms with van der Waals surface area (Å²) >= 11 is 12.7. The molecule has 0 amide bonds. The van der Waals surface area contributed by atoms with E-state index in [9.17, 15) is 4.79 Å². The minimum absolute atomic E-state index is 0.189. The van der Waals surface area contributed by atoms with Crippen LogP contribution in [-0.2, 0) is 4.74 Å². The van der Waals surface area contributed by atoms with E-state index >= 15 is 0 Å². The zero-order valence-electron chi connectivity index (χ0n) is 19.9. The Bertz CT molecular complexity index is 1210. The van der Waals surface area contributed by atoms with Crippen LogP contribution in [0.2, 0.25) is 10.0 Å². The van der Waals surface area contributed by atoms with E-state index in [1.807, 2.05) is 24.3 Å². The fraction of sp³-hybridized carbons (Fsp3) is 0.300. The lowest BCUT2D eigenvalue weighted by atomic mass is 9.80. The average molecular weight is 506 g/mol. The summed E-state index contributed by atoms with van der Waals surface area (Å²) in [6.07, 6.45) is 15.4. The van der Waals surface area contributed by atoms with Crippen molar-refractivity contribution in [3.8, 4) is 0 Å². The van der Waals surface area contributed by atoms with Gasteiger partial charge in [-0.05, 0) is 66.3 Å². The van der Waals surface area contributed by atoms with Gasteiger partial charge in [0.15, 0.2) is 0 Å². The highest BCUT2D eigenvalue weighted by atomic mass is 35.5. The molecule has 2 aliphatic carbocycles. The monoisotopic (exact) mass is 505 g/mol. The normalized spacial score (nSPS) is 26.6. The van der Waals surface area contributed by atoms with Crippen molar-refractivity contribution in [2.24, 2.45) is 11.8 Å². The zero-order valence-corrected chi connectivity index (χ0v) is 21.4. The van der Waals surface area contributed by atoms with Crippen molar-refractivity contribution in [1.29, 1.82) is 0 Å².